The molecule has 1 aliphatic rings. The van der Waals surface area contributed by atoms with Crippen LogP contribution in [0.25, 0.3) is 0 Å². The van der Waals surface area contributed by atoms with E-state index in [0.717, 1.165) is 31.7 Å². The third-order valence-electron chi connectivity index (χ3n) is 3.75. The molecular formula is C14H25N5O. The number of rotatable bonds is 5. The van der Waals surface area contributed by atoms with Gasteiger partial charge in [-0.05, 0) is 46.8 Å². The Hall–Kier alpha value is -1.40. The Labute approximate surface area is 120 Å². The Kier molecular flexibility index (Phi) is 5.14. The molecule has 0 unspecified atom stereocenters. The second kappa shape index (κ2) is 6.85. The zero-order valence-corrected chi connectivity index (χ0v) is 12.6. The van der Waals surface area contributed by atoms with Crippen LogP contribution in [0.1, 0.15) is 32.7 Å². The van der Waals surface area contributed by atoms with Gasteiger partial charge in [-0.1, -0.05) is 0 Å². The van der Waals surface area contributed by atoms with E-state index >= 15 is 0 Å². The predicted octanol–water partition coefficient (Wildman–Crippen LogP) is 1.09. The number of aromatic nitrogens is 2. The third-order valence-corrected chi connectivity index (χ3v) is 3.75. The highest BCUT2D eigenvalue weighted by Gasteiger charge is 2.20. The molecule has 6 heteroatoms. The van der Waals surface area contributed by atoms with Crippen molar-refractivity contribution in [3.8, 4) is 0 Å². The van der Waals surface area contributed by atoms with Crippen molar-refractivity contribution in [2.45, 2.75) is 38.8 Å². The molecule has 0 saturated carbocycles. The number of hydrogen-bond acceptors (Lipinski definition) is 4. The molecule has 0 atom stereocenters. The lowest BCUT2D eigenvalue weighted by Crippen LogP contribution is -2.44. The summed E-state index contributed by atoms with van der Waals surface area (Å²) in [6, 6.07) is 2.57. The fraction of sp³-hybridized carbons (Fsp3) is 0.714. The van der Waals surface area contributed by atoms with Crippen LogP contribution < -0.4 is 10.6 Å². The highest BCUT2D eigenvalue weighted by atomic mass is 16.2. The Morgan fingerprint density at radius 3 is 2.90 bits per heavy atom. The van der Waals surface area contributed by atoms with Gasteiger partial charge in [0, 0.05) is 18.2 Å². The molecule has 6 nitrogen and oxygen atoms in total. The molecule has 20 heavy (non-hydrogen) atoms. The highest BCUT2D eigenvalue weighted by Crippen LogP contribution is 2.14. The molecule has 2 heterocycles. The van der Waals surface area contributed by atoms with E-state index in [-0.39, 0.29) is 11.9 Å². The summed E-state index contributed by atoms with van der Waals surface area (Å²) < 4.78 is 1.82. The zero-order valence-electron chi connectivity index (χ0n) is 12.6. The van der Waals surface area contributed by atoms with E-state index in [1.165, 1.54) is 0 Å². The molecule has 1 fully saturated rings. The van der Waals surface area contributed by atoms with Crippen LogP contribution in [0.15, 0.2) is 12.3 Å². The van der Waals surface area contributed by atoms with E-state index in [0.29, 0.717) is 12.6 Å². The second-order valence-electron chi connectivity index (χ2n) is 5.70. The molecule has 1 amide bonds. The van der Waals surface area contributed by atoms with Crippen molar-refractivity contribution in [3.05, 3.63) is 12.3 Å². The first-order chi connectivity index (χ1) is 9.58. The summed E-state index contributed by atoms with van der Waals surface area (Å²) in [6.07, 6.45) is 3.92. The fourth-order valence-corrected chi connectivity index (χ4v) is 2.61. The van der Waals surface area contributed by atoms with Crippen LogP contribution in [0.2, 0.25) is 0 Å². The lowest BCUT2D eigenvalue weighted by molar-refractivity contribution is -0.117. The Morgan fingerprint density at radius 1 is 1.55 bits per heavy atom. The van der Waals surface area contributed by atoms with Gasteiger partial charge in [-0.2, -0.15) is 5.10 Å². The van der Waals surface area contributed by atoms with E-state index < -0.39 is 0 Å². The average molecular weight is 279 g/mol. The van der Waals surface area contributed by atoms with Gasteiger partial charge in [0.05, 0.1) is 12.7 Å². The van der Waals surface area contributed by atoms with Gasteiger partial charge in [0.2, 0.25) is 5.91 Å². The van der Waals surface area contributed by atoms with Crippen molar-refractivity contribution in [1.82, 2.24) is 20.0 Å². The van der Waals surface area contributed by atoms with E-state index in [4.69, 9.17) is 0 Å². The minimum absolute atomic E-state index is 0.0217. The minimum Gasteiger partial charge on any atom is -0.317 e. The van der Waals surface area contributed by atoms with Crippen LogP contribution in [-0.2, 0) is 4.79 Å². The van der Waals surface area contributed by atoms with Crippen LogP contribution in [-0.4, -0.2) is 53.3 Å². The molecule has 112 valence electrons. The quantitative estimate of drug-likeness (QED) is 0.847. The Balaban J connectivity index is 1.86. The lowest BCUT2D eigenvalue weighted by atomic mass is 10.1. The molecular weight excluding hydrogens is 254 g/mol. The first-order valence-electron chi connectivity index (χ1n) is 7.32. The monoisotopic (exact) mass is 279 g/mol. The SMILES string of the molecule is CC(C)n1nccc1NC(=O)CN(C)C1CCNCC1. The molecule has 1 aliphatic heterocycles. The number of nitrogens with one attached hydrogen (secondary N) is 2. The van der Waals surface area contributed by atoms with Crippen molar-refractivity contribution in [2.75, 3.05) is 32.0 Å². The summed E-state index contributed by atoms with van der Waals surface area (Å²) in [4.78, 5) is 14.3. The number of likely N-dealkylation sites (N-methyl/N-ethyl adjacent to an activating group) is 1. The summed E-state index contributed by atoms with van der Waals surface area (Å²) in [6.45, 7) is 6.59. The van der Waals surface area contributed by atoms with Crippen LogP contribution in [0.5, 0.6) is 0 Å². The van der Waals surface area contributed by atoms with Crippen molar-refractivity contribution >= 4 is 11.7 Å². The van der Waals surface area contributed by atoms with E-state index in [1.54, 1.807) is 6.20 Å². The maximum atomic E-state index is 12.1. The number of carbonyl (C=O) groups excluding carboxylic acids is 1. The second-order valence-corrected chi connectivity index (χ2v) is 5.70. The van der Waals surface area contributed by atoms with Crippen molar-refractivity contribution in [3.63, 3.8) is 0 Å². The smallest absolute Gasteiger partial charge is 0.239 e. The van der Waals surface area contributed by atoms with Gasteiger partial charge in [0.1, 0.15) is 5.82 Å². The van der Waals surface area contributed by atoms with Gasteiger partial charge in [-0.25, -0.2) is 4.68 Å². The van der Waals surface area contributed by atoms with Crippen molar-refractivity contribution in [1.29, 1.82) is 0 Å². The normalized spacial score (nSPS) is 16.9. The van der Waals surface area contributed by atoms with Gasteiger partial charge < -0.3 is 10.6 Å². The first kappa shape index (κ1) is 15.0. The number of hydrogen-bond donors (Lipinski definition) is 2. The molecule has 1 aromatic heterocycles. The fourth-order valence-electron chi connectivity index (χ4n) is 2.61. The molecule has 0 aliphatic carbocycles. The Bertz CT molecular complexity index is 437. The number of anilines is 1. The zero-order chi connectivity index (χ0) is 14.5. The summed E-state index contributed by atoms with van der Waals surface area (Å²) >= 11 is 0. The van der Waals surface area contributed by atoms with Gasteiger partial charge >= 0.3 is 0 Å². The molecule has 2 N–H and O–H groups in total. The van der Waals surface area contributed by atoms with E-state index in [9.17, 15) is 4.79 Å². The standard InChI is InChI=1S/C14H25N5O/c1-11(2)19-13(6-9-16-19)17-14(20)10-18(3)12-4-7-15-8-5-12/h6,9,11-12,15H,4-5,7-8,10H2,1-3H3,(H,17,20). The molecule has 1 aromatic rings. The van der Waals surface area contributed by atoms with Crippen molar-refractivity contribution < 1.29 is 4.79 Å². The van der Waals surface area contributed by atoms with Gasteiger partial charge in [-0.3, -0.25) is 9.69 Å². The van der Waals surface area contributed by atoms with Crippen LogP contribution >= 0.6 is 0 Å². The number of nitrogens with zero attached hydrogens (tertiary/aromatic N) is 3. The van der Waals surface area contributed by atoms with Gasteiger partial charge in [0.25, 0.3) is 0 Å². The summed E-state index contributed by atoms with van der Waals surface area (Å²) in [5.41, 5.74) is 0. The van der Waals surface area contributed by atoms with Crippen LogP contribution in [0.4, 0.5) is 5.82 Å². The summed E-state index contributed by atoms with van der Waals surface area (Å²) in [5.74, 6) is 0.789. The topological polar surface area (TPSA) is 62.2 Å². The number of piperidine rings is 1. The molecule has 2 rings (SSSR count). The highest BCUT2D eigenvalue weighted by molar-refractivity contribution is 5.91. The van der Waals surface area contributed by atoms with Gasteiger partial charge in [0.15, 0.2) is 0 Å². The maximum absolute atomic E-state index is 12.1. The van der Waals surface area contributed by atoms with E-state index in [2.05, 4.69) is 20.6 Å². The molecule has 0 spiro atoms. The van der Waals surface area contributed by atoms with Crippen molar-refractivity contribution in [2.24, 2.45) is 0 Å². The molecule has 0 bridgehead atoms. The third kappa shape index (κ3) is 3.80. The Morgan fingerprint density at radius 2 is 2.25 bits per heavy atom. The van der Waals surface area contributed by atoms with Gasteiger partial charge in [-0.15, -0.1) is 0 Å². The average Bonchev–Trinajstić information content (AvgIpc) is 2.87. The van der Waals surface area contributed by atoms with Crippen LogP contribution in [0, 0.1) is 0 Å². The summed E-state index contributed by atoms with van der Waals surface area (Å²) in [5, 5.41) is 10.5. The minimum atomic E-state index is 0.0217. The maximum Gasteiger partial charge on any atom is 0.239 e. The van der Waals surface area contributed by atoms with E-state index in [1.807, 2.05) is 31.6 Å². The molecule has 0 aromatic carbocycles. The summed E-state index contributed by atoms with van der Waals surface area (Å²) in [7, 11) is 2.02. The number of carbonyl (C=O) groups is 1. The van der Waals surface area contributed by atoms with Crippen LogP contribution in [0.3, 0.4) is 0 Å². The number of amides is 1. The first-order valence-corrected chi connectivity index (χ1v) is 7.32. The molecule has 1 saturated heterocycles. The molecule has 0 radical (unpaired) electrons. The lowest BCUT2D eigenvalue weighted by Gasteiger charge is -2.31. The predicted molar refractivity (Wildman–Crippen MR) is 79.8 cm³/mol. The largest absolute Gasteiger partial charge is 0.317 e.